The molecular formula is C30H32N2O3. The van der Waals surface area contributed by atoms with Crippen LogP contribution in [0.5, 0.6) is 0 Å². The largest absolute Gasteiger partial charge is 0.393 e. The van der Waals surface area contributed by atoms with E-state index in [1.807, 2.05) is 72.8 Å². The maximum absolute atomic E-state index is 12.8. The zero-order valence-corrected chi connectivity index (χ0v) is 20.0. The molecule has 2 fully saturated rings. The first kappa shape index (κ1) is 23.3. The quantitative estimate of drug-likeness (QED) is 0.415. The van der Waals surface area contributed by atoms with E-state index >= 15 is 0 Å². The minimum absolute atomic E-state index is 0.0997. The van der Waals surface area contributed by atoms with Gasteiger partial charge in [0, 0.05) is 54.5 Å². The Labute approximate surface area is 206 Å². The molecule has 1 aliphatic carbocycles. The standard InChI is InChI=1S/C30H32N2O3/c33-28-15-17-32(18-16-28)27-13-7-24(8-14-27)30(35)20-22-3-11-26(12-4-22)31-25-9-1-21(2-10-25)19-29(34)23-5-6-23/h1-4,7-14,23,28,31,33H,5-6,15-20H2. The van der Waals surface area contributed by atoms with E-state index in [0.717, 1.165) is 67.0 Å². The summed E-state index contributed by atoms with van der Waals surface area (Å²) in [6, 6.07) is 23.8. The van der Waals surface area contributed by atoms with E-state index in [0.29, 0.717) is 30.1 Å². The van der Waals surface area contributed by atoms with Gasteiger partial charge in [-0.25, -0.2) is 0 Å². The lowest BCUT2D eigenvalue weighted by Gasteiger charge is -2.31. The Morgan fingerprint density at radius 3 is 1.83 bits per heavy atom. The smallest absolute Gasteiger partial charge is 0.167 e. The Morgan fingerprint density at radius 1 is 0.743 bits per heavy atom. The minimum Gasteiger partial charge on any atom is -0.393 e. The molecule has 2 N–H and O–H groups in total. The average molecular weight is 469 g/mol. The van der Waals surface area contributed by atoms with Gasteiger partial charge in [0.05, 0.1) is 6.10 Å². The fourth-order valence-electron chi connectivity index (χ4n) is 4.60. The van der Waals surface area contributed by atoms with Gasteiger partial charge in [0.25, 0.3) is 0 Å². The van der Waals surface area contributed by atoms with Crippen LogP contribution >= 0.6 is 0 Å². The van der Waals surface area contributed by atoms with Crippen molar-refractivity contribution in [2.75, 3.05) is 23.3 Å². The fourth-order valence-corrected chi connectivity index (χ4v) is 4.60. The number of piperidine rings is 1. The molecule has 0 atom stereocenters. The number of carbonyl (C=O) groups excluding carboxylic acids is 2. The van der Waals surface area contributed by atoms with Crippen LogP contribution in [0.25, 0.3) is 0 Å². The molecule has 0 unspecified atom stereocenters. The van der Waals surface area contributed by atoms with Crippen molar-refractivity contribution in [3.63, 3.8) is 0 Å². The summed E-state index contributed by atoms with van der Waals surface area (Å²) in [4.78, 5) is 27.0. The Morgan fingerprint density at radius 2 is 1.29 bits per heavy atom. The second-order valence-electron chi connectivity index (χ2n) is 9.80. The molecule has 1 saturated carbocycles. The third-order valence-electron chi connectivity index (χ3n) is 6.99. The normalized spacial score (nSPS) is 16.2. The number of anilines is 3. The van der Waals surface area contributed by atoms with E-state index in [1.54, 1.807) is 0 Å². The summed E-state index contributed by atoms with van der Waals surface area (Å²) in [7, 11) is 0. The monoisotopic (exact) mass is 468 g/mol. The highest BCUT2D eigenvalue weighted by Gasteiger charge is 2.29. The SMILES string of the molecule is O=C(Cc1ccc(Nc2ccc(CC(=O)C3CC3)cc2)cc1)c1ccc(N2CCC(O)CC2)cc1. The van der Waals surface area contributed by atoms with Crippen LogP contribution in [-0.2, 0) is 17.6 Å². The van der Waals surface area contributed by atoms with Crippen molar-refractivity contribution >= 4 is 28.6 Å². The van der Waals surface area contributed by atoms with Gasteiger partial charge >= 0.3 is 0 Å². The van der Waals surface area contributed by atoms with Crippen LogP contribution in [0.4, 0.5) is 17.1 Å². The minimum atomic E-state index is -0.192. The number of ketones is 2. The van der Waals surface area contributed by atoms with Crippen LogP contribution in [-0.4, -0.2) is 35.9 Å². The molecule has 0 radical (unpaired) electrons. The van der Waals surface area contributed by atoms with Crippen LogP contribution in [0.1, 0.15) is 47.2 Å². The molecule has 5 nitrogen and oxygen atoms in total. The van der Waals surface area contributed by atoms with Gasteiger partial charge in [0.1, 0.15) is 5.78 Å². The molecule has 0 bridgehead atoms. The van der Waals surface area contributed by atoms with E-state index in [9.17, 15) is 14.7 Å². The maximum atomic E-state index is 12.8. The number of nitrogens with zero attached hydrogens (tertiary/aromatic N) is 1. The van der Waals surface area contributed by atoms with Gasteiger partial charge in [0.2, 0.25) is 0 Å². The summed E-state index contributed by atoms with van der Waals surface area (Å²) >= 11 is 0. The predicted molar refractivity (Wildman–Crippen MR) is 140 cm³/mol. The van der Waals surface area contributed by atoms with Crippen LogP contribution in [0.2, 0.25) is 0 Å². The summed E-state index contributed by atoms with van der Waals surface area (Å²) in [6.07, 6.45) is 4.38. The van der Waals surface area contributed by atoms with Gasteiger partial charge in [-0.2, -0.15) is 0 Å². The van der Waals surface area contributed by atoms with Gasteiger partial charge < -0.3 is 15.3 Å². The highest BCUT2D eigenvalue weighted by Crippen LogP contribution is 2.31. The van der Waals surface area contributed by atoms with Gasteiger partial charge in [-0.1, -0.05) is 24.3 Å². The van der Waals surface area contributed by atoms with Crippen molar-refractivity contribution in [3.05, 3.63) is 89.5 Å². The predicted octanol–water partition coefficient (Wildman–Crippen LogP) is 5.34. The summed E-state index contributed by atoms with van der Waals surface area (Å²) < 4.78 is 0. The number of rotatable bonds is 9. The topological polar surface area (TPSA) is 69.6 Å². The zero-order valence-electron chi connectivity index (χ0n) is 20.0. The summed E-state index contributed by atoms with van der Waals surface area (Å²) in [5.74, 6) is 0.755. The third kappa shape index (κ3) is 6.17. The number of hydrogen-bond donors (Lipinski definition) is 2. The Kier molecular flexibility index (Phi) is 6.96. The number of hydrogen-bond acceptors (Lipinski definition) is 5. The van der Waals surface area contributed by atoms with Crippen molar-refractivity contribution in [2.45, 2.75) is 44.6 Å². The van der Waals surface area contributed by atoms with Gasteiger partial charge in [-0.15, -0.1) is 0 Å². The Bertz CT molecular complexity index is 1160. The number of Topliss-reactive ketones (excluding diaryl/α,β-unsaturated/α-hetero) is 2. The van der Waals surface area contributed by atoms with E-state index in [1.165, 1.54) is 0 Å². The van der Waals surface area contributed by atoms with Gasteiger partial charge in [-0.05, 0) is 85.3 Å². The highest BCUT2D eigenvalue weighted by atomic mass is 16.3. The van der Waals surface area contributed by atoms with Crippen LogP contribution in [0, 0.1) is 5.92 Å². The van der Waals surface area contributed by atoms with Crippen LogP contribution in [0.15, 0.2) is 72.8 Å². The average Bonchev–Trinajstić information content (AvgIpc) is 3.73. The summed E-state index contributed by atoms with van der Waals surface area (Å²) in [6.45, 7) is 1.69. The summed E-state index contributed by atoms with van der Waals surface area (Å²) in [5, 5.41) is 13.1. The molecule has 5 heteroatoms. The Balaban J connectivity index is 1.13. The molecule has 1 aliphatic heterocycles. The lowest BCUT2D eigenvalue weighted by molar-refractivity contribution is -0.119. The number of carbonyl (C=O) groups is 2. The lowest BCUT2D eigenvalue weighted by atomic mass is 10.0. The molecule has 35 heavy (non-hydrogen) atoms. The molecule has 0 aromatic heterocycles. The number of benzene rings is 3. The van der Waals surface area contributed by atoms with Crippen molar-refractivity contribution in [1.29, 1.82) is 0 Å². The van der Waals surface area contributed by atoms with E-state index in [4.69, 9.17) is 0 Å². The van der Waals surface area contributed by atoms with Gasteiger partial charge in [0.15, 0.2) is 5.78 Å². The molecule has 5 rings (SSSR count). The first-order valence-electron chi connectivity index (χ1n) is 12.6. The number of nitrogens with one attached hydrogen (secondary N) is 1. The Hall–Kier alpha value is -3.44. The molecule has 3 aromatic rings. The van der Waals surface area contributed by atoms with E-state index in [2.05, 4.69) is 10.2 Å². The van der Waals surface area contributed by atoms with E-state index in [-0.39, 0.29) is 11.9 Å². The molecule has 0 spiro atoms. The number of aliphatic hydroxyl groups excluding tert-OH is 1. The van der Waals surface area contributed by atoms with Crippen molar-refractivity contribution in [3.8, 4) is 0 Å². The third-order valence-corrected chi connectivity index (χ3v) is 6.99. The van der Waals surface area contributed by atoms with Crippen LogP contribution in [0.3, 0.4) is 0 Å². The first-order chi connectivity index (χ1) is 17.0. The van der Waals surface area contributed by atoms with E-state index < -0.39 is 0 Å². The van der Waals surface area contributed by atoms with Crippen molar-refractivity contribution < 1.29 is 14.7 Å². The van der Waals surface area contributed by atoms with Gasteiger partial charge in [-0.3, -0.25) is 9.59 Å². The van der Waals surface area contributed by atoms with Crippen LogP contribution < -0.4 is 10.2 Å². The second-order valence-corrected chi connectivity index (χ2v) is 9.80. The fraction of sp³-hybridized carbons (Fsp3) is 0.333. The van der Waals surface area contributed by atoms with Crippen molar-refractivity contribution in [1.82, 2.24) is 0 Å². The molecule has 1 saturated heterocycles. The molecule has 3 aromatic carbocycles. The number of aliphatic hydroxyl groups is 1. The van der Waals surface area contributed by atoms with Crippen molar-refractivity contribution in [2.24, 2.45) is 5.92 Å². The molecule has 1 heterocycles. The highest BCUT2D eigenvalue weighted by molar-refractivity contribution is 5.97. The lowest BCUT2D eigenvalue weighted by Crippen LogP contribution is -2.35. The second kappa shape index (κ2) is 10.4. The maximum Gasteiger partial charge on any atom is 0.167 e. The molecule has 0 amide bonds. The summed E-state index contributed by atoms with van der Waals surface area (Å²) in [5.41, 5.74) is 5.78. The molecule has 180 valence electrons. The molecular weight excluding hydrogens is 436 g/mol. The zero-order chi connectivity index (χ0) is 24.2. The molecule has 2 aliphatic rings. The first-order valence-corrected chi connectivity index (χ1v) is 12.6.